The van der Waals surface area contributed by atoms with Crippen LogP contribution in [0.1, 0.15) is 41.8 Å². The molecule has 0 amide bonds. The first kappa shape index (κ1) is 26.1. The standard InChI is InChI=1S/C25H30N4O5S/c1-15(2)11-19(26)14-34-22-13-21(27-24(28-22)23-16(3)7-5-8-17(23)4)29-35(32,33)20-10-6-9-18(12-20)25(30)31/h5-10,12-13,15,19H,11,14,26H2,1-4H3,(H,30,31)(H,27,28,29)/t19-/m1/s1. The summed E-state index contributed by atoms with van der Waals surface area (Å²) in [6.07, 6.45) is 0.758. The van der Waals surface area contributed by atoms with Gasteiger partial charge in [0.1, 0.15) is 12.4 Å². The molecule has 0 bridgehead atoms. The molecule has 1 atom stereocenters. The highest BCUT2D eigenvalue weighted by Gasteiger charge is 2.20. The molecule has 1 aromatic heterocycles. The number of nitrogens with one attached hydrogen (secondary N) is 1. The number of carboxylic acids is 1. The Kier molecular flexibility index (Phi) is 8.08. The largest absolute Gasteiger partial charge is 0.478 e. The molecule has 10 heteroatoms. The smallest absolute Gasteiger partial charge is 0.335 e. The highest BCUT2D eigenvalue weighted by molar-refractivity contribution is 7.92. The molecule has 0 unspecified atom stereocenters. The lowest BCUT2D eigenvalue weighted by molar-refractivity contribution is 0.0696. The van der Waals surface area contributed by atoms with E-state index >= 15 is 0 Å². The van der Waals surface area contributed by atoms with Crippen LogP contribution in [0.5, 0.6) is 5.88 Å². The number of carboxylic acid groups (broad SMARTS) is 1. The lowest BCUT2D eigenvalue weighted by Crippen LogP contribution is -2.29. The van der Waals surface area contributed by atoms with E-state index < -0.39 is 16.0 Å². The summed E-state index contributed by atoms with van der Waals surface area (Å²) in [7, 11) is -4.14. The first-order chi connectivity index (χ1) is 16.5. The second-order valence-electron chi connectivity index (χ2n) is 8.82. The van der Waals surface area contributed by atoms with Crippen molar-refractivity contribution in [3.05, 3.63) is 65.2 Å². The molecule has 35 heavy (non-hydrogen) atoms. The van der Waals surface area contributed by atoms with E-state index in [1.54, 1.807) is 0 Å². The van der Waals surface area contributed by atoms with Crippen LogP contribution >= 0.6 is 0 Å². The number of hydrogen-bond acceptors (Lipinski definition) is 7. The zero-order valence-corrected chi connectivity index (χ0v) is 21.0. The normalized spacial score (nSPS) is 12.4. The summed E-state index contributed by atoms with van der Waals surface area (Å²) in [5.74, 6) is -0.366. The predicted molar refractivity (Wildman–Crippen MR) is 134 cm³/mol. The summed E-state index contributed by atoms with van der Waals surface area (Å²) in [6.45, 7) is 8.16. The van der Waals surface area contributed by atoms with Gasteiger partial charge in [0.2, 0.25) is 5.88 Å². The summed E-state index contributed by atoms with van der Waals surface area (Å²) in [5.41, 5.74) is 8.60. The molecule has 186 valence electrons. The van der Waals surface area contributed by atoms with E-state index in [-0.39, 0.29) is 34.8 Å². The Morgan fingerprint density at radius 3 is 2.37 bits per heavy atom. The van der Waals surface area contributed by atoms with E-state index in [4.69, 9.17) is 10.5 Å². The van der Waals surface area contributed by atoms with Gasteiger partial charge >= 0.3 is 5.97 Å². The maximum absolute atomic E-state index is 13.0. The third-order valence-corrected chi connectivity index (χ3v) is 6.61. The van der Waals surface area contributed by atoms with Gasteiger partial charge in [0, 0.05) is 17.7 Å². The number of anilines is 1. The lowest BCUT2D eigenvalue weighted by atomic mass is 10.0. The number of hydrogen-bond donors (Lipinski definition) is 3. The SMILES string of the molecule is Cc1cccc(C)c1-c1nc(NS(=O)(=O)c2cccc(C(=O)O)c2)cc(OC[C@H](N)CC(C)C)n1. The number of benzene rings is 2. The van der Waals surface area contributed by atoms with Crippen molar-refractivity contribution in [3.8, 4) is 17.3 Å². The van der Waals surface area contributed by atoms with Crippen LogP contribution in [0.25, 0.3) is 11.4 Å². The average Bonchev–Trinajstić information content (AvgIpc) is 2.77. The Hall–Kier alpha value is -3.50. The quantitative estimate of drug-likeness (QED) is 0.380. The zero-order valence-electron chi connectivity index (χ0n) is 20.1. The highest BCUT2D eigenvalue weighted by atomic mass is 32.2. The maximum atomic E-state index is 13.0. The maximum Gasteiger partial charge on any atom is 0.335 e. The van der Waals surface area contributed by atoms with Gasteiger partial charge in [-0.2, -0.15) is 4.98 Å². The first-order valence-electron chi connectivity index (χ1n) is 11.2. The van der Waals surface area contributed by atoms with Crippen molar-refractivity contribution in [2.75, 3.05) is 11.3 Å². The molecule has 0 fully saturated rings. The van der Waals surface area contributed by atoms with E-state index in [9.17, 15) is 18.3 Å². The molecular weight excluding hydrogens is 468 g/mol. The summed E-state index contributed by atoms with van der Waals surface area (Å²) in [6, 6.07) is 12.0. The van der Waals surface area contributed by atoms with Crippen molar-refractivity contribution in [1.29, 1.82) is 0 Å². The molecular formula is C25H30N4O5S. The third-order valence-electron chi connectivity index (χ3n) is 5.26. The minimum Gasteiger partial charge on any atom is -0.478 e. The summed E-state index contributed by atoms with van der Waals surface area (Å²) >= 11 is 0. The number of ether oxygens (including phenoxy) is 1. The van der Waals surface area contributed by atoms with Crippen molar-refractivity contribution in [2.24, 2.45) is 11.7 Å². The zero-order chi connectivity index (χ0) is 25.8. The number of carbonyl (C=O) groups is 1. The number of sulfonamides is 1. The van der Waals surface area contributed by atoms with Gasteiger partial charge in [-0.25, -0.2) is 18.2 Å². The molecule has 0 spiro atoms. The van der Waals surface area contributed by atoms with Gasteiger partial charge in [-0.15, -0.1) is 0 Å². The van der Waals surface area contributed by atoms with E-state index in [1.807, 2.05) is 32.0 Å². The minimum absolute atomic E-state index is 0.00851. The van der Waals surface area contributed by atoms with Crippen molar-refractivity contribution in [3.63, 3.8) is 0 Å². The average molecular weight is 499 g/mol. The lowest BCUT2D eigenvalue weighted by Gasteiger charge is -2.17. The first-order valence-corrected chi connectivity index (χ1v) is 12.6. The highest BCUT2D eigenvalue weighted by Crippen LogP contribution is 2.28. The predicted octanol–water partition coefficient (Wildman–Crippen LogP) is 4.01. The van der Waals surface area contributed by atoms with Crippen LogP contribution in [0.3, 0.4) is 0 Å². The van der Waals surface area contributed by atoms with Crippen molar-refractivity contribution in [2.45, 2.75) is 45.1 Å². The summed E-state index contributed by atoms with van der Waals surface area (Å²) in [4.78, 5) is 20.0. The number of rotatable bonds is 10. The fraction of sp³-hybridized carbons (Fsp3) is 0.320. The van der Waals surface area contributed by atoms with Gasteiger partial charge in [0.25, 0.3) is 10.0 Å². The van der Waals surface area contributed by atoms with Crippen LogP contribution in [0.2, 0.25) is 0 Å². The fourth-order valence-electron chi connectivity index (χ4n) is 3.69. The van der Waals surface area contributed by atoms with Crippen LogP contribution in [-0.2, 0) is 10.0 Å². The molecule has 0 saturated heterocycles. The summed E-state index contributed by atoms with van der Waals surface area (Å²) in [5, 5.41) is 9.21. The molecule has 0 aliphatic heterocycles. The Balaban J connectivity index is 2.01. The van der Waals surface area contributed by atoms with Gasteiger partial charge < -0.3 is 15.6 Å². The van der Waals surface area contributed by atoms with Crippen LogP contribution in [0.15, 0.2) is 53.4 Å². The van der Waals surface area contributed by atoms with E-state index in [1.165, 1.54) is 24.3 Å². The molecule has 1 heterocycles. The van der Waals surface area contributed by atoms with E-state index in [2.05, 4.69) is 28.5 Å². The summed E-state index contributed by atoms with van der Waals surface area (Å²) < 4.78 is 34.3. The fourth-order valence-corrected chi connectivity index (χ4v) is 4.73. The van der Waals surface area contributed by atoms with Gasteiger partial charge in [-0.1, -0.05) is 38.1 Å². The number of aryl methyl sites for hydroxylation is 2. The molecule has 0 radical (unpaired) electrons. The molecule has 2 aromatic carbocycles. The second kappa shape index (κ2) is 10.8. The molecule has 4 N–H and O–H groups in total. The van der Waals surface area contributed by atoms with Crippen LogP contribution in [0, 0.1) is 19.8 Å². The molecule has 9 nitrogen and oxygen atoms in total. The van der Waals surface area contributed by atoms with Gasteiger partial charge in [-0.05, 0) is 55.5 Å². The van der Waals surface area contributed by atoms with Crippen molar-refractivity contribution in [1.82, 2.24) is 9.97 Å². The Morgan fingerprint density at radius 2 is 1.74 bits per heavy atom. The van der Waals surface area contributed by atoms with Gasteiger partial charge in [0.05, 0.1) is 10.5 Å². The number of nitrogens with zero attached hydrogens (tertiary/aromatic N) is 2. The third kappa shape index (κ3) is 6.77. The Labute approximate surface area is 205 Å². The van der Waals surface area contributed by atoms with Crippen LogP contribution in [0.4, 0.5) is 5.82 Å². The molecule has 0 saturated carbocycles. The van der Waals surface area contributed by atoms with E-state index in [0.29, 0.717) is 11.7 Å². The number of aromatic nitrogens is 2. The Bertz CT molecular complexity index is 1300. The Morgan fingerprint density at radius 1 is 1.09 bits per heavy atom. The van der Waals surface area contributed by atoms with Crippen LogP contribution in [-0.4, -0.2) is 42.1 Å². The molecule has 3 rings (SSSR count). The number of nitrogens with two attached hydrogens (primary N) is 1. The van der Waals surface area contributed by atoms with Crippen molar-refractivity contribution >= 4 is 21.8 Å². The topological polar surface area (TPSA) is 144 Å². The van der Waals surface area contributed by atoms with Gasteiger partial charge in [0.15, 0.2) is 5.82 Å². The molecule has 0 aliphatic carbocycles. The van der Waals surface area contributed by atoms with Crippen molar-refractivity contribution < 1.29 is 23.1 Å². The number of aromatic carboxylic acids is 1. The second-order valence-corrected chi connectivity index (χ2v) is 10.5. The minimum atomic E-state index is -4.14. The molecule has 0 aliphatic rings. The monoisotopic (exact) mass is 498 g/mol. The molecule has 3 aromatic rings. The van der Waals surface area contributed by atoms with Crippen LogP contribution < -0.4 is 15.2 Å². The van der Waals surface area contributed by atoms with Gasteiger partial charge in [-0.3, -0.25) is 4.72 Å². The van der Waals surface area contributed by atoms with E-state index in [0.717, 1.165) is 29.2 Å².